The molecule has 8 heteroatoms. The van der Waals surface area contributed by atoms with Crippen LogP contribution in [0.5, 0.6) is 0 Å². The van der Waals surface area contributed by atoms with Crippen LogP contribution in [0.15, 0.2) is 35.4 Å². The first kappa shape index (κ1) is 20.1. The molecule has 0 fully saturated rings. The van der Waals surface area contributed by atoms with E-state index in [9.17, 15) is 30.6 Å². The summed E-state index contributed by atoms with van der Waals surface area (Å²) in [5, 5.41) is 43.0. The molecule has 0 saturated carbocycles. The minimum absolute atomic E-state index is 0.0826. The van der Waals surface area contributed by atoms with E-state index in [-0.39, 0.29) is 44.8 Å². The molecule has 0 radical (unpaired) electrons. The average Bonchev–Trinajstić information content (AvgIpc) is 3.32. The first-order valence-electron chi connectivity index (χ1n) is 9.36. The highest BCUT2D eigenvalue weighted by Crippen LogP contribution is 2.38. The molecule has 0 aliphatic carbocycles. The fourth-order valence-electron chi connectivity index (χ4n) is 3.80. The smallest absolute Gasteiger partial charge is 0.258 e. The van der Waals surface area contributed by atoms with Crippen molar-refractivity contribution in [2.75, 3.05) is 0 Å². The van der Waals surface area contributed by atoms with E-state index in [1.807, 2.05) is 24.3 Å². The molecule has 0 spiro atoms. The Kier molecular flexibility index (Phi) is 4.56. The first-order chi connectivity index (χ1) is 15.3. The lowest BCUT2D eigenvalue weighted by molar-refractivity contribution is -0.117. The van der Waals surface area contributed by atoms with Gasteiger partial charge in [-0.2, -0.15) is 21.0 Å². The van der Waals surface area contributed by atoms with E-state index in [0.29, 0.717) is 22.3 Å². The summed E-state index contributed by atoms with van der Waals surface area (Å²) in [4.78, 5) is 25.7. The molecular weight excluding hydrogens is 404 g/mol. The number of benzene rings is 2. The third kappa shape index (κ3) is 2.81. The Balaban J connectivity index is 1.98. The van der Waals surface area contributed by atoms with Gasteiger partial charge in [0.25, 0.3) is 11.8 Å². The largest absolute Gasteiger partial charge is 0.321 e. The second-order valence-electron chi connectivity index (χ2n) is 7.25. The quantitative estimate of drug-likeness (QED) is 0.765. The van der Waals surface area contributed by atoms with E-state index >= 15 is 0 Å². The van der Waals surface area contributed by atoms with Gasteiger partial charge in [-0.1, -0.05) is 0 Å². The molecule has 2 aromatic rings. The van der Waals surface area contributed by atoms with E-state index in [1.165, 1.54) is 24.3 Å². The number of rotatable bonds is 2. The van der Waals surface area contributed by atoms with Gasteiger partial charge in [-0.25, -0.2) is 0 Å². The number of nitrogens with one attached hydrogen (secondary N) is 2. The predicted octanol–water partition coefficient (Wildman–Crippen LogP) is 2.17. The molecule has 32 heavy (non-hydrogen) atoms. The highest BCUT2D eigenvalue weighted by molar-refractivity contribution is 6.30. The molecule has 8 nitrogen and oxygen atoms in total. The number of hydrogen-bond donors (Lipinski definition) is 2. The van der Waals surface area contributed by atoms with Gasteiger partial charge in [0.05, 0.1) is 69.1 Å². The van der Waals surface area contributed by atoms with Crippen LogP contribution in [0.25, 0.3) is 11.4 Å². The van der Waals surface area contributed by atoms with Crippen molar-refractivity contribution in [3.63, 3.8) is 0 Å². The Bertz CT molecular complexity index is 1330. The molecule has 2 N–H and O–H groups in total. The van der Waals surface area contributed by atoms with Crippen molar-refractivity contribution in [3.8, 4) is 24.3 Å². The molecule has 4 rings (SSSR count). The standard InChI is InChI=1S/C24H12N6O2/c1-11-15(7-25)3-13(4-16(11)8-26)21-19-20(24(32)29-21)22(30-23(19)31)14-5-17(9-27)12(2)18(6-14)10-28/h3-6H,1-2H3,(H,29,32)(H,30,31). The molecule has 0 saturated heterocycles. The van der Waals surface area contributed by atoms with E-state index in [4.69, 9.17) is 0 Å². The highest BCUT2D eigenvalue weighted by Gasteiger charge is 2.41. The maximum Gasteiger partial charge on any atom is 0.258 e. The lowest BCUT2D eigenvalue weighted by Gasteiger charge is -2.10. The predicted molar refractivity (Wildman–Crippen MR) is 111 cm³/mol. The van der Waals surface area contributed by atoms with Crippen LogP contribution in [0.1, 0.15) is 44.5 Å². The van der Waals surface area contributed by atoms with E-state index in [1.54, 1.807) is 13.8 Å². The molecule has 0 bridgehead atoms. The van der Waals surface area contributed by atoms with Gasteiger partial charge in [0.2, 0.25) is 0 Å². The lowest BCUT2D eigenvalue weighted by Crippen LogP contribution is -2.21. The van der Waals surface area contributed by atoms with Crippen LogP contribution in [0.4, 0.5) is 0 Å². The number of nitriles is 4. The van der Waals surface area contributed by atoms with Crippen molar-refractivity contribution in [1.82, 2.24) is 10.6 Å². The monoisotopic (exact) mass is 416 g/mol. The van der Waals surface area contributed by atoms with E-state index in [0.717, 1.165) is 0 Å². The number of carbonyl (C=O) groups excluding carboxylic acids is 2. The summed E-state index contributed by atoms with van der Waals surface area (Å²) in [5.41, 5.74) is 3.32. The number of fused-ring (bicyclic) bond motifs is 1. The van der Waals surface area contributed by atoms with Crippen molar-refractivity contribution in [2.45, 2.75) is 13.8 Å². The molecule has 0 unspecified atom stereocenters. The maximum atomic E-state index is 12.9. The number of carbonyl (C=O) groups is 2. The molecule has 2 aliphatic rings. The van der Waals surface area contributed by atoms with Gasteiger partial charge in [-0.15, -0.1) is 0 Å². The first-order valence-corrected chi connectivity index (χ1v) is 9.36. The average molecular weight is 416 g/mol. The second kappa shape index (κ2) is 7.26. The second-order valence-corrected chi connectivity index (χ2v) is 7.25. The SMILES string of the molecule is Cc1c(C#N)cc(C2=C3C(=O)NC(c4cc(C#N)c(C)c(C#N)c4)=C3C(=O)N2)cc1C#N. The summed E-state index contributed by atoms with van der Waals surface area (Å²) >= 11 is 0. The van der Waals surface area contributed by atoms with Gasteiger partial charge in [0, 0.05) is 11.1 Å². The summed E-state index contributed by atoms with van der Waals surface area (Å²) in [6.45, 7) is 3.29. The van der Waals surface area contributed by atoms with E-state index < -0.39 is 11.8 Å². The molecular formula is C24H12N6O2. The van der Waals surface area contributed by atoms with Crippen molar-refractivity contribution in [1.29, 1.82) is 21.0 Å². The molecule has 150 valence electrons. The van der Waals surface area contributed by atoms with Gasteiger partial charge < -0.3 is 10.6 Å². The van der Waals surface area contributed by atoms with Crippen molar-refractivity contribution >= 4 is 23.2 Å². The van der Waals surface area contributed by atoms with Gasteiger partial charge in [0.15, 0.2) is 0 Å². The third-order valence-electron chi connectivity index (χ3n) is 5.56. The summed E-state index contributed by atoms with van der Waals surface area (Å²) in [6, 6.07) is 14.1. The normalized spacial score (nSPS) is 14.2. The van der Waals surface area contributed by atoms with Crippen LogP contribution >= 0.6 is 0 Å². The van der Waals surface area contributed by atoms with Crippen LogP contribution in [0, 0.1) is 59.2 Å². The molecule has 2 aliphatic heterocycles. The summed E-state index contributed by atoms with van der Waals surface area (Å²) in [6.07, 6.45) is 0. The molecule has 2 aromatic carbocycles. The van der Waals surface area contributed by atoms with Gasteiger partial charge >= 0.3 is 0 Å². The number of nitrogens with zero attached hydrogens (tertiary/aromatic N) is 4. The van der Waals surface area contributed by atoms with Crippen molar-refractivity contribution < 1.29 is 9.59 Å². The van der Waals surface area contributed by atoms with Crippen molar-refractivity contribution in [3.05, 3.63) is 79.9 Å². The molecule has 2 amide bonds. The minimum atomic E-state index is -0.543. The fourth-order valence-corrected chi connectivity index (χ4v) is 3.80. The van der Waals surface area contributed by atoms with Gasteiger partial charge in [-0.3, -0.25) is 9.59 Å². The van der Waals surface area contributed by atoms with Crippen LogP contribution in [0.3, 0.4) is 0 Å². The highest BCUT2D eigenvalue weighted by atomic mass is 16.2. The Morgan fingerprint density at radius 1 is 0.594 bits per heavy atom. The van der Waals surface area contributed by atoms with E-state index in [2.05, 4.69) is 10.6 Å². The van der Waals surface area contributed by atoms with Gasteiger partial charge in [-0.05, 0) is 49.2 Å². The zero-order valence-electron chi connectivity index (χ0n) is 16.9. The van der Waals surface area contributed by atoms with Crippen LogP contribution in [0.2, 0.25) is 0 Å². The lowest BCUT2D eigenvalue weighted by atomic mass is 9.95. The summed E-state index contributed by atoms with van der Waals surface area (Å²) in [7, 11) is 0. The van der Waals surface area contributed by atoms with Crippen LogP contribution in [-0.4, -0.2) is 11.8 Å². The van der Waals surface area contributed by atoms with Crippen LogP contribution < -0.4 is 10.6 Å². The van der Waals surface area contributed by atoms with Crippen LogP contribution in [-0.2, 0) is 9.59 Å². The number of hydrogen-bond acceptors (Lipinski definition) is 6. The third-order valence-corrected chi connectivity index (χ3v) is 5.56. The Morgan fingerprint density at radius 2 is 0.875 bits per heavy atom. The maximum absolute atomic E-state index is 12.9. The topological polar surface area (TPSA) is 153 Å². The summed E-state index contributed by atoms with van der Waals surface area (Å²) in [5.74, 6) is -1.09. The Labute approximate surface area is 182 Å². The fraction of sp³-hybridized carbons (Fsp3) is 0.0833. The molecule has 0 aromatic heterocycles. The zero-order chi connectivity index (χ0) is 23.2. The molecule has 2 heterocycles. The van der Waals surface area contributed by atoms with Gasteiger partial charge in [0.1, 0.15) is 0 Å². The Hall–Kier alpha value is -5.18. The zero-order valence-corrected chi connectivity index (χ0v) is 16.9. The van der Waals surface area contributed by atoms with Crippen molar-refractivity contribution in [2.24, 2.45) is 0 Å². The summed E-state index contributed by atoms with van der Waals surface area (Å²) < 4.78 is 0. The Morgan fingerprint density at radius 3 is 1.12 bits per heavy atom. The molecule has 0 atom stereocenters. The number of amides is 2. The minimum Gasteiger partial charge on any atom is -0.321 e.